The van der Waals surface area contributed by atoms with Crippen LogP contribution in [0.25, 0.3) is 11.0 Å². The molecule has 3 rings (SSSR count). The van der Waals surface area contributed by atoms with Crippen LogP contribution in [-0.4, -0.2) is 28.7 Å². The molecule has 7 nitrogen and oxygen atoms in total. The number of hydrogen-bond acceptors (Lipinski definition) is 5. The van der Waals surface area contributed by atoms with Crippen LogP contribution in [0.4, 0.5) is 0 Å². The van der Waals surface area contributed by atoms with Crippen LogP contribution in [0.1, 0.15) is 16.7 Å². The van der Waals surface area contributed by atoms with E-state index in [0.717, 1.165) is 16.7 Å². The number of aromatic amines is 2. The van der Waals surface area contributed by atoms with Crippen molar-refractivity contribution in [2.24, 2.45) is 0 Å². The van der Waals surface area contributed by atoms with Crippen molar-refractivity contribution in [3.63, 3.8) is 0 Å². The molecule has 2 heterocycles. The van der Waals surface area contributed by atoms with Gasteiger partial charge in [0.05, 0.1) is 11.0 Å². The molecule has 0 spiro atoms. The zero-order valence-electron chi connectivity index (χ0n) is 11.7. The zero-order valence-corrected chi connectivity index (χ0v) is 11.7. The van der Waals surface area contributed by atoms with Crippen molar-refractivity contribution in [3.05, 3.63) is 43.5 Å². The van der Waals surface area contributed by atoms with Gasteiger partial charge in [-0.25, -0.2) is 0 Å². The van der Waals surface area contributed by atoms with Crippen molar-refractivity contribution in [3.8, 4) is 0 Å². The Bertz CT molecular complexity index is 850. The van der Waals surface area contributed by atoms with E-state index in [1.54, 1.807) is 0 Å². The molecule has 0 amide bonds. The van der Waals surface area contributed by atoms with Gasteiger partial charge in [0.15, 0.2) is 0 Å². The lowest BCUT2D eigenvalue weighted by Gasteiger charge is -2.14. The molecule has 1 aliphatic heterocycles. The molecule has 0 radical (unpaired) electrons. The third-order valence-electron chi connectivity index (χ3n) is 3.91. The Labute approximate surface area is 119 Å². The third-order valence-corrected chi connectivity index (χ3v) is 3.91. The summed E-state index contributed by atoms with van der Waals surface area (Å²) in [4.78, 5) is 39.8. The zero-order chi connectivity index (χ0) is 15.1. The van der Waals surface area contributed by atoms with Crippen molar-refractivity contribution in [1.29, 1.82) is 0 Å². The summed E-state index contributed by atoms with van der Waals surface area (Å²) < 4.78 is 4.88. The molecule has 1 aliphatic rings. The fourth-order valence-corrected chi connectivity index (χ4v) is 2.59. The number of carbonyl (C=O) groups excluding carboxylic acids is 1. The maximum atomic E-state index is 11.6. The van der Waals surface area contributed by atoms with Gasteiger partial charge >= 0.3 is 17.1 Å². The number of fused-ring (bicyclic) bond motifs is 1. The number of rotatable bonds is 2. The number of esters is 1. The Morgan fingerprint density at radius 1 is 1.19 bits per heavy atom. The Morgan fingerprint density at radius 2 is 1.90 bits per heavy atom. The standard InChI is InChI=1S/C14H15N3O4/c1-6-3-9-11(17-13(19)12(18)16-9)8(7(6)2)4-10-14(20)21-5-15-10/h3,10,15H,4-5H2,1-2H3,(H,16,18)(H,17,19). The highest BCUT2D eigenvalue weighted by molar-refractivity contribution is 5.83. The highest BCUT2D eigenvalue weighted by Gasteiger charge is 2.27. The lowest BCUT2D eigenvalue weighted by atomic mass is 9.95. The second kappa shape index (κ2) is 4.85. The van der Waals surface area contributed by atoms with Crippen LogP contribution in [0.15, 0.2) is 15.7 Å². The molecule has 1 aromatic carbocycles. The average molecular weight is 289 g/mol. The highest BCUT2D eigenvalue weighted by Crippen LogP contribution is 2.23. The molecule has 3 N–H and O–H groups in total. The number of carbonyl (C=O) groups is 1. The molecule has 1 fully saturated rings. The summed E-state index contributed by atoms with van der Waals surface area (Å²) in [5, 5.41) is 2.96. The molecule has 2 aromatic rings. The van der Waals surface area contributed by atoms with Crippen LogP contribution in [0.5, 0.6) is 0 Å². The normalized spacial score (nSPS) is 18.2. The van der Waals surface area contributed by atoms with Crippen LogP contribution in [-0.2, 0) is 16.0 Å². The smallest absolute Gasteiger partial charge is 0.324 e. The van der Waals surface area contributed by atoms with Crippen molar-refractivity contribution < 1.29 is 9.53 Å². The van der Waals surface area contributed by atoms with E-state index >= 15 is 0 Å². The third kappa shape index (κ3) is 2.25. The van der Waals surface area contributed by atoms with Gasteiger partial charge in [-0.05, 0) is 36.6 Å². The van der Waals surface area contributed by atoms with Gasteiger partial charge in [0.25, 0.3) is 0 Å². The SMILES string of the molecule is Cc1cc2[nH]c(=O)c(=O)[nH]c2c(CC2NCOC2=O)c1C. The van der Waals surface area contributed by atoms with Gasteiger partial charge in [0.1, 0.15) is 12.8 Å². The van der Waals surface area contributed by atoms with E-state index in [0.29, 0.717) is 17.5 Å². The van der Waals surface area contributed by atoms with Crippen molar-refractivity contribution in [2.75, 3.05) is 6.73 Å². The Kier molecular flexibility index (Phi) is 3.13. The Hall–Kier alpha value is -2.41. The van der Waals surface area contributed by atoms with Gasteiger partial charge in [-0.3, -0.25) is 19.7 Å². The van der Waals surface area contributed by atoms with E-state index in [9.17, 15) is 14.4 Å². The number of nitrogens with one attached hydrogen (secondary N) is 3. The quantitative estimate of drug-likeness (QED) is 0.527. The summed E-state index contributed by atoms with van der Waals surface area (Å²) >= 11 is 0. The van der Waals surface area contributed by atoms with Crippen LogP contribution in [0.3, 0.4) is 0 Å². The molecular weight excluding hydrogens is 274 g/mol. The molecule has 1 atom stereocenters. The summed E-state index contributed by atoms with van der Waals surface area (Å²) in [5.41, 5.74) is 2.52. The van der Waals surface area contributed by atoms with Crippen LogP contribution in [0.2, 0.25) is 0 Å². The molecule has 0 bridgehead atoms. The monoisotopic (exact) mass is 289 g/mol. The summed E-state index contributed by atoms with van der Waals surface area (Å²) in [6.45, 7) is 4.04. The summed E-state index contributed by atoms with van der Waals surface area (Å²) in [7, 11) is 0. The maximum absolute atomic E-state index is 11.6. The summed E-state index contributed by atoms with van der Waals surface area (Å²) in [6, 6.07) is 1.37. The number of aryl methyl sites for hydroxylation is 1. The minimum atomic E-state index is -0.700. The highest BCUT2D eigenvalue weighted by atomic mass is 16.6. The first-order chi connectivity index (χ1) is 9.97. The molecule has 0 aliphatic carbocycles. The Morgan fingerprint density at radius 3 is 2.57 bits per heavy atom. The fourth-order valence-electron chi connectivity index (χ4n) is 2.59. The number of H-pyrrole nitrogens is 2. The predicted octanol–water partition coefficient (Wildman–Crippen LogP) is -0.152. The van der Waals surface area contributed by atoms with Gasteiger partial charge in [0, 0.05) is 6.42 Å². The van der Waals surface area contributed by atoms with E-state index in [1.165, 1.54) is 0 Å². The molecule has 110 valence electrons. The molecule has 7 heteroatoms. The average Bonchev–Trinajstić information content (AvgIpc) is 2.83. The molecule has 1 saturated heterocycles. The number of ether oxygens (including phenoxy) is 1. The molecule has 1 unspecified atom stereocenters. The van der Waals surface area contributed by atoms with Gasteiger partial charge in [-0.1, -0.05) is 0 Å². The van der Waals surface area contributed by atoms with E-state index in [4.69, 9.17) is 4.74 Å². The second-order valence-corrected chi connectivity index (χ2v) is 5.20. The van der Waals surface area contributed by atoms with Crippen LogP contribution < -0.4 is 16.4 Å². The van der Waals surface area contributed by atoms with Crippen molar-refractivity contribution >= 4 is 17.0 Å². The van der Waals surface area contributed by atoms with Crippen LogP contribution in [0, 0.1) is 13.8 Å². The van der Waals surface area contributed by atoms with E-state index in [-0.39, 0.29) is 12.7 Å². The van der Waals surface area contributed by atoms with Gasteiger partial charge in [-0.2, -0.15) is 0 Å². The number of aromatic nitrogens is 2. The van der Waals surface area contributed by atoms with E-state index < -0.39 is 17.2 Å². The minimum Gasteiger partial charge on any atom is -0.449 e. The van der Waals surface area contributed by atoms with Gasteiger partial charge < -0.3 is 14.7 Å². The topological polar surface area (TPSA) is 104 Å². The second-order valence-electron chi connectivity index (χ2n) is 5.20. The molecular formula is C14H15N3O4. The fraction of sp³-hybridized carbons (Fsp3) is 0.357. The molecule has 1 aromatic heterocycles. The first-order valence-electron chi connectivity index (χ1n) is 6.63. The predicted molar refractivity (Wildman–Crippen MR) is 76.3 cm³/mol. The number of hydrogen-bond donors (Lipinski definition) is 3. The van der Waals surface area contributed by atoms with Gasteiger partial charge in [-0.15, -0.1) is 0 Å². The summed E-state index contributed by atoms with van der Waals surface area (Å²) in [6.07, 6.45) is 0.394. The maximum Gasteiger partial charge on any atom is 0.324 e. The first-order valence-corrected chi connectivity index (χ1v) is 6.63. The molecule has 0 saturated carbocycles. The van der Waals surface area contributed by atoms with Crippen molar-refractivity contribution in [1.82, 2.24) is 15.3 Å². The lowest BCUT2D eigenvalue weighted by Crippen LogP contribution is -2.32. The first kappa shape index (κ1) is 13.6. The lowest BCUT2D eigenvalue weighted by molar-refractivity contribution is -0.139. The summed E-state index contributed by atoms with van der Waals surface area (Å²) in [5.74, 6) is -0.309. The Balaban J connectivity index is 2.21. The largest absolute Gasteiger partial charge is 0.449 e. The number of cyclic esters (lactones) is 1. The van der Waals surface area contributed by atoms with Crippen molar-refractivity contribution in [2.45, 2.75) is 26.3 Å². The van der Waals surface area contributed by atoms with E-state index in [1.807, 2.05) is 19.9 Å². The van der Waals surface area contributed by atoms with Crippen LogP contribution >= 0.6 is 0 Å². The van der Waals surface area contributed by atoms with E-state index in [2.05, 4.69) is 15.3 Å². The minimum absolute atomic E-state index is 0.194. The molecule has 21 heavy (non-hydrogen) atoms. The number of benzene rings is 1. The van der Waals surface area contributed by atoms with Gasteiger partial charge in [0.2, 0.25) is 0 Å².